The lowest BCUT2D eigenvalue weighted by molar-refractivity contribution is 0.133. The Hall–Kier alpha value is -0.560. The van der Waals surface area contributed by atoms with E-state index in [4.69, 9.17) is 0 Å². The summed E-state index contributed by atoms with van der Waals surface area (Å²) in [7, 11) is 0. The summed E-state index contributed by atoms with van der Waals surface area (Å²) in [6.07, 6.45) is 6.82. The number of allylic oxidation sites excluding steroid dienone is 3. The minimum atomic E-state index is -0.673. The maximum atomic E-state index is 9.30. The highest BCUT2D eigenvalue weighted by atomic mass is 16.3. The standard InChI is InChI=1S/C10H18O/c1-5-9(2)7-6-8-10(3,4)11/h5-6,8,11H,7H2,1-4H3. The van der Waals surface area contributed by atoms with E-state index in [1.807, 2.05) is 19.1 Å². The predicted molar refractivity (Wildman–Crippen MR) is 49.5 cm³/mol. The molecule has 0 saturated carbocycles. The van der Waals surface area contributed by atoms with Crippen molar-refractivity contribution in [3.8, 4) is 0 Å². The minimum Gasteiger partial charge on any atom is -0.386 e. The second kappa shape index (κ2) is 4.35. The van der Waals surface area contributed by atoms with Crippen molar-refractivity contribution in [2.45, 2.75) is 39.7 Å². The van der Waals surface area contributed by atoms with Gasteiger partial charge in [-0.25, -0.2) is 0 Å². The van der Waals surface area contributed by atoms with E-state index in [1.54, 1.807) is 13.8 Å². The van der Waals surface area contributed by atoms with E-state index in [2.05, 4.69) is 13.0 Å². The Kier molecular flexibility index (Phi) is 4.12. The van der Waals surface area contributed by atoms with Gasteiger partial charge in [-0.1, -0.05) is 23.8 Å². The van der Waals surface area contributed by atoms with E-state index in [0.717, 1.165) is 6.42 Å². The SMILES string of the molecule is CC=C(C)CC=CC(C)(C)O. The molecule has 0 aliphatic carbocycles. The minimum absolute atomic E-state index is 0.673. The van der Waals surface area contributed by atoms with E-state index < -0.39 is 5.60 Å². The van der Waals surface area contributed by atoms with Crippen LogP contribution >= 0.6 is 0 Å². The largest absolute Gasteiger partial charge is 0.386 e. The Bertz CT molecular complexity index is 158. The van der Waals surface area contributed by atoms with Crippen LogP contribution in [0.2, 0.25) is 0 Å². The summed E-state index contributed by atoms with van der Waals surface area (Å²) in [4.78, 5) is 0. The molecular weight excluding hydrogens is 136 g/mol. The van der Waals surface area contributed by atoms with Gasteiger partial charge in [0, 0.05) is 0 Å². The topological polar surface area (TPSA) is 20.2 Å². The van der Waals surface area contributed by atoms with Crippen LogP contribution < -0.4 is 0 Å². The van der Waals surface area contributed by atoms with Gasteiger partial charge < -0.3 is 5.11 Å². The summed E-state index contributed by atoms with van der Waals surface area (Å²) in [6, 6.07) is 0. The first kappa shape index (κ1) is 10.4. The zero-order valence-corrected chi connectivity index (χ0v) is 7.89. The fourth-order valence-electron chi connectivity index (χ4n) is 0.651. The lowest BCUT2D eigenvalue weighted by Gasteiger charge is -2.09. The first-order chi connectivity index (χ1) is 4.95. The van der Waals surface area contributed by atoms with Crippen LogP contribution in [0.5, 0.6) is 0 Å². The lowest BCUT2D eigenvalue weighted by Crippen LogP contribution is -2.13. The summed E-state index contributed by atoms with van der Waals surface area (Å²) < 4.78 is 0. The van der Waals surface area contributed by atoms with E-state index in [1.165, 1.54) is 5.57 Å². The quantitative estimate of drug-likeness (QED) is 0.620. The van der Waals surface area contributed by atoms with Crippen molar-refractivity contribution in [1.29, 1.82) is 0 Å². The van der Waals surface area contributed by atoms with Gasteiger partial charge in [0.2, 0.25) is 0 Å². The van der Waals surface area contributed by atoms with Gasteiger partial charge in [-0.05, 0) is 34.1 Å². The maximum absolute atomic E-state index is 9.30. The van der Waals surface area contributed by atoms with E-state index in [-0.39, 0.29) is 0 Å². The van der Waals surface area contributed by atoms with E-state index in [9.17, 15) is 5.11 Å². The summed E-state index contributed by atoms with van der Waals surface area (Å²) >= 11 is 0. The van der Waals surface area contributed by atoms with Crippen molar-refractivity contribution in [1.82, 2.24) is 0 Å². The van der Waals surface area contributed by atoms with Crippen LogP contribution in [0.25, 0.3) is 0 Å². The van der Waals surface area contributed by atoms with Crippen LogP contribution in [-0.2, 0) is 0 Å². The van der Waals surface area contributed by atoms with Gasteiger partial charge in [-0.2, -0.15) is 0 Å². The molecule has 1 N–H and O–H groups in total. The molecule has 0 unspecified atom stereocenters. The molecule has 11 heavy (non-hydrogen) atoms. The highest BCUT2D eigenvalue weighted by molar-refractivity contribution is 5.06. The third-order valence-electron chi connectivity index (χ3n) is 1.46. The molecule has 0 saturated heterocycles. The fourth-order valence-corrected chi connectivity index (χ4v) is 0.651. The average Bonchev–Trinajstić information content (AvgIpc) is 1.85. The Morgan fingerprint density at radius 2 is 2.00 bits per heavy atom. The molecule has 0 heterocycles. The second-order valence-corrected chi connectivity index (χ2v) is 3.40. The third-order valence-corrected chi connectivity index (χ3v) is 1.46. The first-order valence-corrected chi connectivity index (χ1v) is 3.97. The molecule has 0 amide bonds. The van der Waals surface area contributed by atoms with Crippen molar-refractivity contribution >= 4 is 0 Å². The number of rotatable bonds is 3. The highest BCUT2D eigenvalue weighted by Crippen LogP contribution is 2.06. The van der Waals surface area contributed by atoms with Crippen LogP contribution in [0.15, 0.2) is 23.8 Å². The molecule has 64 valence electrons. The molecule has 0 atom stereocenters. The van der Waals surface area contributed by atoms with Gasteiger partial charge in [-0.15, -0.1) is 0 Å². The van der Waals surface area contributed by atoms with Crippen LogP contribution in [-0.4, -0.2) is 10.7 Å². The second-order valence-electron chi connectivity index (χ2n) is 3.40. The highest BCUT2D eigenvalue weighted by Gasteiger charge is 2.04. The van der Waals surface area contributed by atoms with Crippen molar-refractivity contribution in [2.24, 2.45) is 0 Å². The van der Waals surface area contributed by atoms with Crippen molar-refractivity contribution < 1.29 is 5.11 Å². The van der Waals surface area contributed by atoms with Crippen molar-refractivity contribution in [3.05, 3.63) is 23.8 Å². The number of hydrogen-bond acceptors (Lipinski definition) is 1. The normalized spacial score (nSPS) is 14.5. The molecule has 0 rings (SSSR count). The Labute approximate surface area is 69.4 Å². The molecular formula is C10H18O. The number of aliphatic hydroxyl groups is 1. The Morgan fingerprint density at radius 1 is 1.45 bits per heavy atom. The Morgan fingerprint density at radius 3 is 2.36 bits per heavy atom. The van der Waals surface area contributed by atoms with Gasteiger partial charge in [-0.3, -0.25) is 0 Å². The Balaban J connectivity index is 3.79. The molecule has 0 fully saturated rings. The molecule has 0 aliphatic rings. The molecule has 0 spiro atoms. The first-order valence-electron chi connectivity index (χ1n) is 3.97. The zero-order valence-electron chi connectivity index (χ0n) is 7.89. The molecule has 0 aliphatic heterocycles. The molecule has 0 aromatic rings. The predicted octanol–water partition coefficient (Wildman–Crippen LogP) is 2.67. The summed E-state index contributed by atoms with van der Waals surface area (Å²) in [5, 5.41) is 9.30. The summed E-state index contributed by atoms with van der Waals surface area (Å²) in [5.74, 6) is 0. The van der Waals surface area contributed by atoms with E-state index in [0.29, 0.717) is 0 Å². The van der Waals surface area contributed by atoms with E-state index >= 15 is 0 Å². The fraction of sp³-hybridized carbons (Fsp3) is 0.600. The lowest BCUT2D eigenvalue weighted by atomic mass is 10.1. The summed E-state index contributed by atoms with van der Waals surface area (Å²) in [5.41, 5.74) is 0.652. The molecule has 1 heteroatoms. The van der Waals surface area contributed by atoms with Crippen LogP contribution in [0.1, 0.15) is 34.1 Å². The maximum Gasteiger partial charge on any atom is 0.0771 e. The van der Waals surface area contributed by atoms with Crippen LogP contribution in [0, 0.1) is 0 Å². The van der Waals surface area contributed by atoms with Crippen molar-refractivity contribution in [3.63, 3.8) is 0 Å². The molecule has 0 aromatic heterocycles. The smallest absolute Gasteiger partial charge is 0.0771 e. The number of hydrogen-bond donors (Lipinski definition) is 1. The summed E-state index contributed by atoms with van der Waals surface area (Å²) in [6.45, 7) is 7.64. The zero-order chi connectivity index (χ0) is 8.91. The average molecular weight is 154 g/mol. The van der Waals surface area contributed by atoms with Gasteiger partial charge in [0.05, 0.1) is 5.60 Å². The van der Waals surface area contributed by atoms with Gasteiger partial charge >= 0.3 is 0 Å². The molecule has 0 aromatic carbocycles. The monoisotopic (exact) mass is 154 g/mol. The van der Waals surface area contributed by atoms with Crippen LogP contribution in [0.3, 0.4) is 0 Å². The molecule has 0 radical (unpaired) electrons. The third kappa shape index (κ3) is 7.34. The van der Waals surface area contributed by atoms with Gasteiger partial charge in [0.25, 0.3) is 0 Å². The molecule has 0 bridgehead atoms. The van der Waals surface area contributed by atoms with Crippen LogP contribution in [0.4, 0.5) is 0 Å². The van der Waals surface area contributed by atoms with Gasteiger partial charge in [0.1, 0.15) is 0 Å². The van der Waals surface area contributed by atoms with Crippen molar-refractivity contribution in [2.75, 3.05) is 0 Å². The molecule has 1 nitrogen and oxygen atoms in total. The van der Waals surface area contributed by atoms with Gasteiger partial charge in [0.15, 0.2) is 0 Å².